The van der Waals surface area contributed by atoms with Crippen molar-refractivity contribution < 1.29 is 4.74 Å². The van der Waals surface area contributed by atoms with Gasteiger partial charge in [-0.2, -0.15) is 0 Å². The van der Waals surface area contributed by atoms with E-state index in [1.54, 1.807) is 0 Å². The normalized spacial score (nSPS) is 22.0. The number of hydrogen-bond acceptors (Lipinski definition) is 1. The molecule has 0 spiro atoms. The summed E-state index contributed by atoms with van der Waals surface area (Å²) >= 11 is 0. The minimum Gasteiger partial charge on any atom is -0.489 e. The topological polar surface area (TPSA) is 9.23 Å². The fourth-order valence-corrected chi connectivity index (χ4v) is 3.39. The average Bonchev–Trinajstić information content (AvgIpc) is 2.55. The van der Waals surface area contributed by atoms with Crippen molar-refractivity contribution in [2.75, 3.05) is 0 Å². The lowest BCUT2D eigenvalue weighted by Gasteiger charge is -2.29. The van der Waals surface area contributed by atoms with Gasteiger partial charge in [-0.3, -0.25) is 0 Å². The first-order chi connectivity index (χ1) is 10.3. The van der Waals surface area contributed by atoms with Crippen molar-refractivity contribution >= 4 is 0 Å². The molecular formula is C20H24O. The molecule has 0 N–H and O–H groups in total. The number of rotatable bonds is 4. The van der Waals surface area contributed by atoms with Crippen molar-refractivity contribution in [3.63, 3.8) is 0 Å². The maximum absolute atomic E-state index is 5.96. The molecule has 3 rings (SSSR count). The Kier molecular flexibility index (Phi) is 4.59. The fraction of sp³-hybridized carbons (Fsp3) is 0.400. The van der Waals surface area contributed by atoms with Crippen LogP contribution in [-0.2, 0) is 6.61 Å². The van der Waals surface area contributed by atoms with Crippen molar-refractivity contribution in [3.05, 3.63) is 65.7 Å². The Bertz CT molecular complexity index is 561. The Balaban J connectivity index is 1.68. The van der Waals surface area contributed by atoms with Gasteiger partial charge in [-0.15, -0.1) is 0 Å². The Morgan fingerprint density at radius 2 is 1.76 bits per heavy atom. The van der Waals surface area contributed by atoms with E-state index in [0.717, 1.165) is 11.7 Å². The van der Waals surface area contributed by atoms with Gasteiger partial charge in [0.2, 0.25) is 0 Å². The van der Waals surface area contributed by atoms with Gasteiger partial charge in [-0.25, -0.2) is 0 Å². The lowest BCUT2D eigenvalue weighted by molar-refractivity contribution is 0.302. The number of ether oxygens (including phenoxy) is 1. The molecule has 1 saturated carbocycles. The molecule has 0 aliphatic heterocycles. The van der Waals surface area contributed by atoms with Gasteiger partial charge in [0, 0.05) is 0 Å². The predicted octanol–water partition coefficient (Wildman–Crippen LogP) is 5.56. The third-order valence-electron chi connectivity index (χ3n) is 4.65. The van der Waals surface area contributed by atoms with E-state index < -0.39 is 0 Å². The first kappa shape index (κ1) is 14.2. The number of benzene rings is 2. The summed E-state index contributed by atoms with van der Waals surface area (Å²) in [5.41, 5.74) is 2.67. The smallest absolute Gasteiger partial charge is 0.120 e. The van der Waals surface area contributed by atoms with Crippen molar-refractivity contribution in [3.8, 4) is 5.75 Å². The van der Waals surface area contributed by atoms with E-state index in [0.29, 0.717) is 12.5 Å². The van der Waals surface area contributed by atoms with E-state index in [1.165, 1.54) is 36.8 Å². The summed E-state index contributed by atoms with van der Waals surface area (Å²) in [7, 11) is 0. The molecule has 1 nitrogen and oxygen atoms in total. The highest BCUT2D eigenvalue weighted by Crippen LogP contribution is 2.38. The van der Waals surface area contributed by atoms with Gasteiger partial charge in [0.05, 0.1) is 0 Å². The van der Waals surface area contributed by atoms with E-state index in [4.69, 9.17) is 4.74 Å². The molecular weight excluding hydrogens is 256 g/mol. The molecule has 2 aromatic carbocycles. The number of hydrogen-bond donors (Lipinski definition) is 0. The largest absolute Gasteiger partial charge is 0.489 e. The zero-order valence-corrected chi connectivity index (χ0v) is 12.8. The molecule has 0 amide bonds. The van der Waals surface area contributed by atoms with Crippen molar-refractivity contribution in [2.45, 2.75) is 45.1 Å². The van der Waals surface area contributed by atoms with Crippen LogP contribution in [0.1, 0.15) is 49.7 Å². The first-order valence-corrected chi connectivity index (χ1v) is 8.09. The van der Waals surface area contributed by atoms with Crippen LogP contribution in [0.15, 0.2) is 54.6 Å². The zero-order valence-electron chi connectivity index (χ0n) is 12.8. The quantitative estimate of drug-likeness (QED) is 0.712. The van der Waals surface area contributed by atoms with Gasteiger partial charge in [0.25, 0.3) is 0 Å². The SMILES string of the molecule is C[C@H]1CCCC[C@@H]1c1cccc(OCc2ccccc2)c1. The van der Waals surface area contributed by atoms with E-state index in [2.05, 4.69) is 55.5 Å². The van der Waals surface area contributed by atoms with Crippen LogP contribution in [0.5, 0.6) is 5.75 Å². The summed E-state index contributed by atoms with van der Waals surface area (Å²) in [6, 6.07) is 19.1. The van der Waals surface area contributed by atoms with Crippen LogP contribution < -0.4 is 4.74 Å². The molecule has 1 heteroatoms. The van der Waals surface area contributed by atoms with Gasteiger partial charge in [0.1, 0.15) is 12.4 Å². The molecule has 1 fully saturated rings. The summed E-state index contributed by atoms with van der Waals surface area (Å²) in [4.78, 5) is 0. The second-order valence-electron chi connectivity index (χ2n) is 6.21. The molecule has 0 bridgehead atoms. The maximum atomic E-state index is 5.96. The van der Waals surface area contributed by atoms with E-state index in [9.17, 15) is 0 Å². The van der Waals surface area contributed by atoms with Crippen molar-refractivity contribution in [1.82, 2.24) is 0 Å². The summed E-state index contributed by atoms with van der Waals surface area (Å²) in [6.45, 7) is 3.03. The van der Waals surface area contributed by atoms with E-state index >= 15 is 0 Å². The monoisotopic (exact) mass is 280 g/mol. The summed E-state index contributed by atoms with van der Waals surface area (Å²) in [6.07, 6.45) is 5.44. The first-order valence-electron chi connectivity index (χ1n) is 8.09. The highest BCUT2D eigenvalue weighted by Gasteiger charge is 2.22. The lowest BCUT2D eigenvalue weighted by Crippen LogP contribution is -2.14. The molecule has 1 aliphatic carbocycles. The fourth-order valence-electron chi connectivity index (χ4n) is 3.39. The second kappa shape index (κ2) is 6.80. The molecule has 110 valence electrons. The Hall–Kier alpha value is -1.76. The highest BCUT2D eigenvalue weighted by atomic mass is 16.5. The van der Waals surface area contributed by atoms with Gasteiger partial charge < -0.3 is 4.74 Å². The molecule has 0 unspecified atom stereocenters. The van der Waals surface area contributed by atoms with Crippen molar-refractivity contribution in [2.24, 2.45) is 5.92 Å². The molecule has 21 heavy (non-hydrogen) atoms. The van der Waals surface area contributed by atoms with Gasteiger partial charge in [0.15, 0.2) is 0 Å². The maximum Gasteiger partial charge on any atom is 0.120 e. The van der Waals surface area contributed by atoms with Crippen LogP contribution in [0.4, 0.5) is 0 Å². The molecule has 2 aromatic rings. The van der Waals surface area contributed by atoms with Gasteiger partial charge in [-0.1, -0.05) is 68.7 Å². The van der Waals surface area contributed by atoms with E-state index in [-0.39, 0.29) is 0 Å². The predicted molar refractivity (Wildman–Crippen MR) is 87.6 cm³/mol. The van der Waals surface area contributed by atoms with Crippen LogP contribution in [0.2, 0.25) is 0 Å². The zero-order chi connectivity index (χ0) is 14.5. The van der Waals surface area contributed by atoms with Crippen molar-refractivity contribution in [1.29, 1.82) is 0 Å². The average molecular weight is 280 g/mol. The second-order valence-corrected chi connectivity index (χ2v) is 6.21. The third kappa shape index (κ3) is 3.66. The Morgan fingerprint density at radius 3 is 2.57 bits per heavy atom. The van der Waals surface area contributed by atoms with Crippen LogP contribution in [0.25, 0.3) is 0 Å². The Labute approximate surface area is 128 Å². The summed E-state index contributed by atoms with van der Waals surface area (Å²) < 4.78 is 5.96. The Morgan fingerprint density at radius 1 is 0.952 bits per heavy atom. The van der Waals surface area contributed by atoms with Crippen LogP contribution in [0.3, 0.4) is 0 Å². The standard InChI is InChI=1S/C20H24O/c1-16-8-5-6-13-20(16)18-11-7-12-19(14-18)21-15-17-9-3-2-4-10-17/h2-4,7,9-12,14,16,20H,5-6,8,13,15H2,1H3/t16-,20-/m0/s1. The molecule has 0 radical (unpaired) electrons. The van der Waals surface area contributed by atoms with Crippen LogP contribution >= 0.6 is 0 Å². The minimum absolute atomic E-state index is 0.643. The van der Waals surface area contributed by atoms with Gasteiger partial charge in [-0.05, 0) is 41.5 Å². The van der Waals surface area contributed by atoms with E-state index in [1.807, 2.05) is 6.07 Å². The summed E-state index contributed by atoms with van der Waals surface area (Å²) in [5, 5.41) is 0. The van der Waals surface area contributed by atoms with Gasteiger partial charge >= 0.3 is 0 Å². The highest BCUT2D eigenvalue weighted by molar-refractivity contribution is 5.31. The van der Waals surface area contributed by atoms with Crippen LogP contribution in [0, 0.1) is 5.92 Å². The summed E-state index contributed by atoms with van der Waals surface area (Å²) in [5.74, 6) is 2.50. The molecule has 0 saturated heterocycles. The minimum atomic E-state index is 0.643. The van der Waals surface area contributed by atoms with Crippen LogP contribution in [-0.4, -0.2) is 0 Å². The lowest BCUT2D eigenvalue weighted by atomic mass is 9.76. The molecule has 0 aromatic heterocycles. The molecule has 2 atom stereocenters. The molecule has 0 heterocycles. The third-order valence-corrected chi connectivity index (χ3v) is 4.65. The molecule has 1 aliphatic rings.